The maximum Gasteiger partial charge on any atom is 0.573 e. The lowest BCUT2D eigenvalue weighted by atomic mass is 10.1. The van der Waals surface area contributed by atoms with Gasteiger partial charge in [0.05, 0.1) is 12.7 Å². The van der Waals surface area contributed by atoms with Gasteiger partial charge in [-0.1, -0.05) is 0 Å². The summed E-state index contributed by atoms with van der Waals surface area (Å²) in [7, 11) is 1.17. The number of benzene rings is 1. The number of nitrogens with zero attached hydrogens (tertiary/aromatic N) is 1. The zero-order chi connectivity index (χ0) is 17.3. The molecule has 23 heavy (non-hydrogen) atoms. The molecule has 3 nitrogen and oxygen atoms in total. The maximum atomic E-state index is 12.6. The SMILES string of the molecule is COc1cc(C(F)(F)F)cnc1-c1ccc(OC(F)(F)F)cc1. The summed E-state index contributed by atoms with van der Waals surface area (Å²) in [5, 5.41) is 0. The monoisotopic (exact) mass is 337 g/mol. The van der Waals surface area contributed by atoms with Crippen molar-refractivity contribution >= 4 is 0 Å². The van der Waals surface area contributed by atoms with E-state index < -0.39 is 23.9 Å². The van der Waals surface area contributed by atoms with Gasteiger partial charge < -0.3 is 9.47 Å². The molecule has 0 N–H and O–H groups in total. The molecule has 0 spiro atoms. The van der Waals surface area contributed by atoms with Gasteiger partial charge in [-0.05, 0) is 30.3 Å². The van der Waals surface area contributed by atoms with E-state index in [0.29, 0.717) is 6.20 Å². The van der Waals surface area contributed by atoms with E-state index in [1.54, 1.807) is 0 Å². The van der Waals surface area contributed by atoms with Gasteiger partial charge in [-0.2, -0.15) is 13.2 Å². The van der Waals surface area contributed by atoms with Crippen LogP contribution in [0, 0.1) is 0 Å². The van der Waals surface area contributed by atoms with Crippen LogP contribution in [0.25, 0.3) is 11.3 Å². The van der Waals surface area contributed by atoms with E-state index in [2.05, 4.69) is 9.72 Å². The molecule has 0 amide bonds. The van der Waals surface area contributed by atoms with Crippen molar-refractivity contribution in [1.29, 1.82) is 0 Å². The third-order valence-corrected chi connectivity index (χ3v) is 2.76. The Morgan fingerprint density at radius 1 is 0.957 bits per heavy atom. The van der Waals surface area contributed by atoms with Crippen LogP contribution < -0.4 is 9.47 Å². The molecule has 9 heteroatoms. The molecule has 1 aromatic carbocycles. The fourth-order valence-corrected chi connectivity index (χ4v) is 1.79. The molecule has 2 aromatic rings. The van der Waals surface area contributed by atoms with Gasteiger partial charge in [0, 0.05) is 11.8 Å². The first-order valence-corrected chi connectivity index (χ1v) is 6.07. The molecule has 0 aliphatic heterocycles. The average Bonchev–Trinajstić information content (AvgIpc) is 2.45. The highest BCUT2D eigenvalue weighted by molar-refractivity contribution is 5.67. The molecule has 0 radical (unpaired) electrons. The predicted octanol–water partition coefficient (Wildman–Crippen LogP) is 4.67. The van der Waals surface area contributed by atoms with Crippen molar-refractivity contribution in [3.05, 3.63) is 42.1 Å². The van der Waals surface area contributed by atoms with Crippen LogP contribution in [-0.2, 0) is 6.18 Å². The molecule has 1 aromatic heterocycles. The Morgan fingerprint density at radius 2 is 1.57 bits per heavy atom. The topological polar surface area (TPSA) is 31.4 Å². The highest BCUT2D eigenvalue weighted by atomic mass is 19.4. The molecule has 0 saturated carbocycles. The average molecular weight is 337 g/mol. The van der Waals surface area contributed by atoms with E-state index >= 15 is 0 Å². The molecule has 1 heterocycles. The van der Waals surface area contributed by atoms with Crippen LogP contribution in [0.2, 0.25) is 0 Å². The zero-order valence-corrected chi connectivity index (χ0v) is 11.5. The Labute approximate surface area is 126 Å². The first-order chi connectivity index (χ1) is 10.6. The lowest BCUT2D eigenvalue weighted by Gasteiger charge is -2.13. The lowest BCUT2D eigenvalue weighted by Crippen LogP contribution is -2.16. The van der Waals surface area contributed by atoms with Crippen molar-refractivity contribution in [3.8, 4) is 22.8 Å². The van der Waals surface area contributed by atoms with E-state index in [4.69, 9.17) is 4.74 Å². The summed E-state index contributed by atoms with van der Waals surface area (Å²) in [6.45, 7) is 0. The van der Waals surface area contributed by atoms with Crippen LogP contribution in [0.15, 0.2) is 36.5 Å². The maximum absolute atomic E-state index is 12.6. The number of hydrogen-bond donors (Lipinski definition) is 0. The number of aromatic nitrogens is 1. The van der Waals surface area contributed by atoms with Crippen molar-refractivity contribution in [2.24, 2.45) is 0 Å². The first kappa shape index (κ1) is 16.9. The second-order valence-electron chi connectivity index (χ2n) is 4.34. The molecule has 124 valence electrons. The van der Waals surface area contributed by atoms with Crippen LogP contribution in [0.3, 0.4) is 0 Å². The van der Waals surface area contributed by atoms with Gasteiger partial charge in [0.2, 0.25) is 0 Å². The highest BCUT2D eigenvalue weighted by Gasteiger charge is 2.32. The highest BCUT2D eigenvalue weighted by Crippen LogP contribution is 2.36. The van der Waals surface area contributed by atoms with Crippen LogP contribution in [0.5, 0.6) is 11.5 Å². The van der Waals surface area contributed by atoms with Crippen molar-refractivity contribution in [3.63, 3.8) is 0 Å². The molecule has 0 atom stereocenters. The minimum Gasteiger partial charge on any atom is -0.494 e. The zero-order valence-electron chi connectivity index (χ0n) is 11.5. The molecular formula is C14H9F6NO2. The van der Waals surface area contributed by atoms with Gasteiger partial charge in [0.25, 0.3) is 0 Å². The normalized spacial score (nSPS) is 12.1. The number of hydrogen-bond acceptors (Lipinski definition) is 3. The lowest BCUT2D eigenvalue weighted by molar-refractivity contribution is -0.274. The number of ether oxygens (including phenoxy) is 2. The number of rotatable bonds is 3. The Bertz CT molecular complexity index is 679. The molecule has 0 aliphatic carbocycles. The molecule has 0 bridgehead atoms. The van der Waals surface area contributed by atoms with Crippen molar-refractivity contribution in [1.82, 2.24) is 4.98 Å². The Morgan fingerprint density at radius 3 is 2.04 bits per heavy atom. The minimum atomic E-state index is -4.83. The van der Waals surface area contributed by atoms with E-state index in [9.17, 15) is 26.3 Å². The Kier molecular flexibility index (Phi) is 4.39. The van der Waals surface area contributed by atoms with Crippen LogP contribution in [-0.4, -0.2) is 18.5 Å². The van der Waals surface area contributed by atoms with Crippen molar-refractivity contribution in [2.45, 2.75) is 12.5 Å². The molecule has 0 saturated heterocycles. The quantitative estimate of drug-likeness (QED) is 0.763. The summed E-state index contributed by atoms with van der Waals surface area (Å²) < 4.78 is 82.7. The minimum absolute atomic E-state index is 0.0686. The van der Waals surface area contributed by atoms with Gasteiger partial charge in [-0.15, -0.1) is 13.2 Å². The molecule has 0 unspecified atom stereocenters. The number of pyridine rings is 1. The Hall–Kier alpha value is -2.45. The molecule has 0 fully saturated rings. The van der Waals surface area contributed by atoms with Gasteiger partial charge in [-0.3, -0.25) is 4.98 Å². The van der Waals surface area contributed by atoms with E-state index in [0.717, 1.165) is 18.2 Å². The summed E-state index contributed by atoms with van der Waals surface area (Å²) in [6, 6.07) is 5.30. The fourth-order valence-electron chi connectivity index (χ4n) is 1.79. The third-order valence-electron chi connectivity index (χ3n) is 2.76. The molecule has 2 rings (SSSR count). The van der Waals surface area contributed by atoms with Crippen LogP contribution >= 0.6 is 0 Å². The van der Waals surface area contributed by atoms with E-state index in [-0.39, 0.29) is 17.0 Å². The fraction of sp³-hybridized carbons (Fsp3) is 0.214. The second kappa shape index (κ2) is 5.98. The number of alkyl halides is 6. The van der Waals surface area contributed by atoms with Crippen LogP contribution in [0.4, 0.5) is 26.3 Å². The summed E-state index contributed by atoms with van der Waals surface area (Å²) in [5.41, 5.74) is -0.640. The van der Waals surface area contributed by atoms with Crippen molar-refractivity contribution < 1.29 is 35.8 Å². The van der Waals surface area contributed by atoms with Gasteiger partial charge >= 0.3 is 12.5 Å². The van der Waals surface area contributed by atoms with Gasteiger partial charge in [0.1, 0.15) is 17.2 Å². The predicted molar refractivity (Wildman–Crippen MR) is 67.9 cm³/mol. The summed E-state index contributed by atoms with van der Waals surface area (Å²) in [5.74, 6) is -0.601. The molecule has 0 aliphatic rings. The van der Waals surface area contributed by atoms with Crippen molar-refractivity contribution in [2.75, 3.05) is 7.11 Å². The Balaban J connectivity index is 2.35. The summed E-state index contributed by atoms with van der Waals surface area (Å²) in [6.07, 6.45) is -8.78. The van der Waals surface area contributed by atoms with Gasteiger partial charge in [0.15, 0.2) is 0 Å². The molecular weight excluding hydrogens is 328 g/mol. The number of halogens is 6. The first-order valence-electron chi connectivity index (χ1n) is 6.07. The summed E-state index contributed by atoms with van der Waals surface area (Å²) >= 11 is 0. The largest absolute Gasteiger partial charge is 0.573 e. The second-order valence-corrected chi connectivity index (χ2v) is 4.34. The summed E-state index contributed by atoms with van der Waals surface area (Å²) in [4.78, 5) is 3.68. The number of methoxy groups -OCH3 is 1. The van der Waals surface area contributed by atoms with Crippen LogP contribution in [0.1, 0.15) is 5.56 Å². The van der Waals surface area contributed by atoms with Gasteiger partial charge in [-0.25, -0.2) is 0 Å². The van der Waals surface area contributed by atoms with E-state index in [1.807, 2.05) is 0 Å². The standard InChI is InChI=1S/C14H9F6NO2/c1-22-11-6-9(13(15,16)17)7-21-12(11)8-2-4-10(5-3-8)23-14(18,19)20/h2-7H,1H3. The smallest absolute Gasteiger partial charge is 0.494 e. The third kappa shape index (κ3) is 4.27. The van der Waals surface area contributed by atoms with E-state index in [1.165, 1.54) is 19.2 Å².